The van der Waals surface area contributed by atoms with Crippen molar-refractivity contribution >= 4 is 5.91 Å². The van der Waals surface area contributed by atoms with Crippen molar-refractivity contribution in [3.63, 3.8) is 0 Å². The van der Waals surface area contributed by atoms with Crippen LogP contribution >= 0.6 is 0 Å². The van der Waals surface area contributed by atoms with E-state index in [9.17, 15) is 9.59 Å². The summed E-state index contributed by atoms with van der Waals surface area (Å²) in [4.78, 5) is 32.1. The van der Waals surface area contributed by atoms with Crippen LogP contribution in [0.3, 0.4) is 0 Å². The standard InChI is InChI=1S/C24H20N4O2/c25-12-16-2-1-3-19(10-16)21-4-5-22-20-11-17(14-28(22)24(21)30)13-27(15-20)23(29)18-6-8-26-9-7-18/h1-10,17,20H,11,13-15H2. The number of benzene rings is 1. The summed E-state index contributed by atoms with van der Waals surface area (Å²) in [5, 5.41) is 9.16. The quantitative estimate of drug-likeness (QED) is 0.667. The van der Waals surface area contributed by atoms with Gasteiger partial charge in [0.1, 0.15) is 0 Å². The summed E-state index contributed by atoms with van der Waals surface area (Å²) >= 11 is 0. The zero-order valence-corrected chi connectivity index (χ0v) is 16.4. The van der Waals surface area contributed by atoms with Crippen LogP contribution in [-0.4, -0.2) is 33.4 Å². The number of pyridine rings is 2. The molecular formula is C24H20N4O2. The highest BCUT2D eigenvalue weighted by molar-refractivity contribution is 5.94. The lowest BCUT2D eigenvalue weighted by molar-refractivity contribution is 0.0594. The minimum absolute atomic E-state index is 0.0211. The van der Waals surface area contributed by atoms with E-state index in [4.69, 9.17) is 5.26 Å². The molecule has 1 amide bonds. The highest BCUT2D eigenvalue weighted by atomic mass is 16.2. The first-order valence-corrected chi connectivity index (χ1v) is 10.1. The molecule has 5 rings (SSSR count). The lowest BCUT2D eigenvalue weighted by Gasteiger charge is -2.43. The van der Waals surface area contributed by atoms with Gasteiger partial charge in [0.2, 0.25) is 0 Å². The molecule has 2 aliphatic heterocycles. The first-order chi connectivity index (χ1) is 14.6. The summed E-state index contributed by atoms with van der Waals surface area (Å²) in [5.41, 5.74) is 3.53. The Labute approximate surface area is 174 Å². The van der Waals surface area contributed by atoms with Crippen molar-refractivity contribution in [2.45, 2.75) is 18.9 Å². The molecule has 1 fully saturated rings. The lowest BCUT2D eigenvalue weighted by atomic mass is 9.82. The first-order valence-electron chi connectivity index (χ1n) is 10.1. The van der Waals surface area contributed by atoms with Gasteiger partial charge < -0.3 is 9.47 Å². The lowest BCUT2D eigenvalue weighted by Crippen LogP contribution is -2.49. The predicted molar refractivity (Wildman–Crippen MR) is 112 cm³/mol. The third-order valence-corrected chi connectivity index (χ3v) is 6.12. The van der Waals surface area contributed by atoms with E-state index in [1.807, 2.05) is 27.7 Å². The van der Waals surface area contributed by atoms with Crippen molar-refractivity contribution < 1.29 is 4.79 Å². The number of hydrogen-bond donors (Lipinski definition) is 0. The molecule has 6 nitrogen and oxygen atoms in total. The average molecular weight is 396 g/mol. The number of nitrogens with zero attached hydrogens (tertiary/aromatic N) is 4. The van der Waals surface area contributed by atoms with Gasteiger partial charge in [-0.25, -0.2) is 0 Å². The molecule has 0 aliphatic carbocycles. The molecule has 6 heteroatoms. The molecule has 1 saturated heterocycles. The maximum absolute atomic E-state index is 13.3. The second-order valence-corrected chi connectivity index (χ2v) is 8.02. The summed E-state index contributed by atoms with van der Waals surface area (Å²) < 4.78 is 1.88. The molecule has 3 aromatic rings. The van der Waals surface area contributed by atoms with Crippen molar-refractivity contribution in [3.05, 3.63) is 88.1 Å². The third-order valence-electron chi connectivity index (χ3n) is 6.12. The number of nitriles is 1. The number of fused-ring (bicyclic) bond motifs is 4. The fourth-order valence-electron chi connectivity index (χ4n) is 4.76. The highest BCUT2D eigenvalue weighted by Gasteiger charge is 2.36. The van der Waals surface area contributed by atoms with Gasteiger partial charge in [-0.15, -0.1) is 0 Å². The van der Waals surface area contributed by atoms with E-state index in [0.717, 1.165) is 17.7 Å². The number of aromatic nitrogens is 2. The fourth-order valence-corrected chi connectivity index (χ4v) is 4.76. The van der Waals surface area contributed by atoms with Crippen LogP contribution in [0, 0.1) is 17.2 Å². The van der Waals surface area contributed by atoms with E-state index in [2.05, 4.69) is 11.1 Å². The van der Waals surface area contributed by atoms with E-state index in [-0.39, 0.29) is 23.3 Å². The van der Waals surface area contributed by atoms with E-state index < -0.39 is 0 Å². The zero-order chi connectivity index (χ0) is 20.7. The SMILES string of the molecule is N#Cc1cccc(-c2ccc3n(c2=O)CC2CC3CN(C(=O)c3ccncc3)C2)c1. The second-order valence-electron chi connectivity index (χ2n) is 8.02. The minimum Gasteiger partial charge on any atom is -0.338 e. The molecular weight excluding hydrogens is 376 g/mol. The maximum Gasteiger partial charge on any atom is 0.258 e. The fraction of sp³-hybridized carbons (Fsp3) is 0.250. The first kappa shape index (κ1) is 18.3. The van der Waals surface area contributed by atoms with Crippen molar-refractivity contribution in [1.29, 1.82) is 5.26 Å². The van der Waals surface area contributed by atoms with Crippen LogP contribution in [0.25, 0.3) is 11.1 Å². The smallest absolute Gasteiger partial charge is 0.258 e. The van der Waals surface area contributed by atoms with Crippen LogP contribution < -0.4 is 5.56 Å². The van der Waals surface area contributed by atoms with E-state index in [0.29, 0.717) is 36.3 Å². The molecule has 148 valence electrons. The van der Waals surface area contributed by atoms with Gasteiger partial charge in [0.25, 0.3) is 11.5 Å². The summed E-state index contributed by atoms with van der Waals surface area (Å²) in [5.74, 6) is 0.420. The molecule has 0 radical (unpaired) electrons. The van der Waals surface area contributed by atoms with Gasteiger partial charge in [0, 0.05) is 54.8 Å². The van der Waals surface area contributed by atoms with Crippen molar-refractivity contribution in [2.24, 2.45) is 5.92 Å². The Balaban J connectivity index is 1.48. The van der Waals surface area contributed by atoms with Gasteiger partial charge in [-0.1, -0.05) is 12.1 Å². The predicted octanol–water partition coefficient (Wildman–Crippen LogP) is 3.04. The Morgan fingerprint density at radius 1 is 1.07 bits per heavy atom. The van der Waals surface area contributed by atoms with Crippen molar-refractivity contribution in [2.75, 3.05) is 13.1 Å². The third kappa shape index (κ3) is 3.09. The largest absolute Gasteiger partial charge is 0.338 e. The molecule has 4 heterocycles. The summed E-state index contributed by atoms with van der Waals surface area (Å²) in [6.45, 7) is 1.87. The Kier molecular flexibility index (Phi) is 4.44. The molecule has 2 aliphatic rings. The molecule has 2 bridgehead atoms. The molecule has 2 aromatic heterocycles. The normalized spacial score (nSPS) is 19.6. The van der Waals surface area contributed by atoms with Gasteiger partial charge >= 0.3 is 0 Å². The highest BCUT2D eigenvalue weighted by Crippen LogP contribution is 2.36. The number of piperidine rings is 1. The number of carbonyl (C=O) groups excluding carboxylic acids is 1. The van der Waals surface area contributed by atoms with Crippen LogP contribution in [0.1, 0.15) is 34.0 Å². The van der Waals surface area contributed by atoms with Gasteiger partial charge in [-0.3, -0.25) is 14.6 Å². The van der Waals surface area contributed by atoms with Gasteiger partial charge in [0.15, 0.2) is 0 Å². The summed E-state index contributed by atoms with van der Waals surface area (Å²) in [6, 6.07) is 16.6. The molecule has 0 saturated carbocycles. The number of rotatable bonds is 2. The Morgan fingerprint density at radius 3 is 2.70 bits per heavy atom. The number of hydrogen-bond acceptors (Lipinski definition) is 4. The van der Waals surface area contributed by atoms with Crippen LogP contribution in [0.5, 0.6) is 0 Å². The van der Waals surface area contributed by atoms with Crippen LogP contribution in [0.4, 0.5) is 0 Å². The van der Waals surface area contributed by atoms with Gasteiger partial charge in [0.05, 0.1) is 11.6 Å². The second kappa shape index (κ2) is 7.27. The Morgan fingerprint density at radius 2 is 1.90 bits per heavy atom. The molecule has 0 spiro atoms. The number of amides is 1. The van der Waals surface area contributed by atoms with Gasteiger partial charge in [-0.05, 0) is 54.3 Å². The Hall–Kier alpha value is -3.72. The Bertz CT molecular complexity index is 1230. The molecule has 1 aromatic carbocycles. The molecule has 2 atom stereocenters. The summed E-state index contributed by atoms with van der Waals surface area (Å²) in [6.07, 6.45) is 4.26. The van der Waals surface area contributed by atoms with Gasteiger partial charge in [-0.2, -0.15) is 5.26 Å². The average Bonchev–Trinajstić information content (AvgIpc) is 2.80. The molecule has 30 heavy (non-hydrogen) atoms. The van der Waals surface area contributed by atoms with Crippen LogP contribution in [-0.2, 0) is 6.54 Å². The van der Waals surface area contributed by atoms with Crippen LogP contribution in [0.2, 0.25) is 0 Å². The van der Waals surface area contributed by atoms with E-state index in [1.54, 1.807) is 42.7 Å². The van der Waals surface area contributed by atoms with Crippen molar-refractivity contribution in [1.82, 2.24) is 14.5 Å². The topological polar surface area (TPSA) is 79.0 Å². The van der Waals surface area contributed by atoms with E-state index in [1.165, 1.54) is 0 Å². The monoisotopic (exact) mass is 396 g/mol. The number of likely N-dealkylation sites (tertiary alicyclic amines) is 1. The summed E-state index contributed by atoms with van der Waals surface area (Å²) in [7, 11) is 0. The molecule has 2 unspecified atom stereocenters. The number of carbonyl (C=O) groups is 1. The van der Waals surface area contributed by atoms with E-state index >= 15 is 0 Å². The molecule has 0 N–H and O–H groups in total. The maximum atomic E-state index is 13.3. The van der Waals surface area contributed by atoms with Crippen LogP contribution in [0.15, 0.2) is 65.7 Å². The minimum atomic E-state index is -0.0220. The van der Waals surface area contributed by atoms with Crippen molar-refractivity contribution in [3.8, 4) is 17.2 Å². The zero-order valence-electron chi connectivity index (χ0n) is 16.4.